The molecule has 0 saturated carbocycles. The van der Waals surface area contributed by atoms with Crippen molar-refractivity contribution in [2.75, 3.05) is 0 Å². The molecule has 0 nitrogen and oxygen atoms in total. The first-order valence-electron chi connectivity index (χ1n) is 11.9. The van der Waals surface area contributed by atoms with E-state index in [-0.39, 0.29) is 5.41 Å². The molecule has 0 amide bonds. The van der Waals surface area contributed by atoms with Crippen LogP contribution in [-0.2, 0) is 5.41 Å². The summed E-state index contributed by atoms with van der Waals surface area (Å²) in [5.74, 6) is 0. The molecule has 0 fully saturated rings. The Bertz CT molecular complexity index is 807. The maximum absolute atomic E-state index is 3.87. The van der Waals surface area contributed by atoms with Gasteiger partial charge in [0.1, 0.15) is 0 Å². The zero-order valence-electron chi connectivity index (χ0n) is 18.8. The highest BCUT2D eigenvalue weighted by Gasteiger charge is 2.42. The molecule has 2 heteroatoms. The standard InChI is InChI=1S/C29H36Br2/c1-3-5-7-9-11-13-19-29(20-14-12-10-8-6-4-2)27-21-23(30)15-17-25(27)26-18-16-24(31)22-28(26)29/h3-4,15-18,21-22H,1-2,5-14,19-20H2. The van der Waals surface area contributed by atoms with Gasteiger partial charge in [-0.05, 0) is 85.0 Å². The van der Waals surface area contributed by atoms with Crippen molar-refractivity contribution < 1.29 is 0 Å². The summed E-state index contributed by atoms with van der Waals surface area (Å²) in [5, 5.41) is 0. The fraction of sp³-hybridized carbons (Fsp3) is 0.448. The molecule has 0 N–H and O–H groups in total. The second kappa shape index (κ2) is 12.2. The van der Waals surface area contributed by atoms with Crippen LogP contribution in [0.25, 0.3) is 11.1 Å². The minimum absolute atomic E-state index is 0.134. The van der Waals surface area contributed by atoms with Gasteiger partial charge in [0.2, 0.25) is 0 Å². The summed E-state index contributed by atoms with van der Waals surface area (Å²) in [6.45, 7) is 7.73. The molecule has 0 saturated heterocycles. The minimum atomic E-state index is 0.134. The molecule has 0 bridgehead atoms. The maximum Gasteiger partial charge on any atom is 0.0216 e. The lowest BCUT2D eigenvalue weighted by Gasteiger charge is -2.33. The minimum Gasteiger partial charge on any atom is -0.103 e. The van der Waals surface area contributed by atoms with Gasteiger partial charge in [-0.2, -0.15) is 0 Å². The Hall–Kier alpha value is -1.12. The molecule has 0 heterocycles. The molecule has 0 radical (unpaired) electrons. The maximum atomic E-state index is 3.87. The van der Waals surface area contributed by atoms with Crippen LogP contribution in [-0.4, -0.2) is 0 Å². The lowest BCUT2D eigenvalue weighted by Crippen LogP contribution is -2.25. The van der Waals surface area contributed by atoms with Gasteiger partial charge in [-0.15, -0.1) is 13.2 Å². The molecule has 0 spiro atoms. The van der Waals surface area contributed by atoms with Crippen LogP contribution in [0.3, 0.4) is 0 Å². The van der Waals surface area contributed by atoms with Crippen molar-refractivity contribution >= 4 is 31.9 Å². The van der Waals surface area contributed by atoms with Gasteiger partial charge in [0.05, 0.1) is 0 Å². The Morgan fingerprint density at radius 2 is 1.03 bits per heavy atom. The Morgan fingerprint density at radius 3 is 1.45 bits per heavy atom. The fourth-order valence-corrected chi connectivity index (χ4v) is 5.96. The zero-order valence-corrected chi connectivity index (χ0v) is 21.9. The average Bonchev–Trinajstić information content (AvgIpc) is 3.02. The summed E-state index contributed by atoms with van der Waals surface area (Å²) in [7, 11) is 0. The molecule has 1 aliphatic carbocycles. The Labute approximate surface area is 206 Å². The van der Waals surface area contributed by atoms with Crippen LogP contribution < -0.4 is 0 Å². The molecule has 2 aromatic rings. The molecule has 3 rings (SSSR count). The predicted molar refractivity (Wildman–Crippen MR) is 144 cm³/mol. The van der Waals surface area contributed by atoms with E-state index < -0.39 is 0 Å². The number of allylic oxidation sites excluding steroid dienone is 2. The van der Waals surface area contributed by atoms with Gasteiger partial charge in [-0.25, -0.2) is 0 Å². The quantitative estimate of drug-likeness (QED) is 0.164. The molecule has 0 aromatic heterocycles. The van der Waals surface area contributed by atoms with Crippen molar-refractivity contribution in [3.05, 3.63) is 81.8 Å². The Morgan fingerprint density at radius 1 is 0.613 bits per heavy atom. The van der Waals surface area contributed by atoms with Crippen LogP contribution in [0.4, 0.5) is 0 Å². The van der Waals surface area contributed by atoms with E-state index in [1.807, 2.05) is 12.2 Å². The number of hydrogen-bond donors (Lipinski definition) is 0. The van der Waals surface area contributed by atoms with Crippen LogP contribution in [0.2, 0.25) is 0 Å². The summed E-state index contributed by atoms with van der Waals surface area (Å²) < 4.78 is 2.39. The van der Waals surface area contributed by atoms with Gasteiger partial charge >= 0.3 is 0 Å². The zero-order chi connectivity index (χ0) is 22.1. The van der Waals surface area contributed by atoms with E-state index in [9.17, 15) is 0 Å². The van der Waals surface area contributed by atoms with Crippen molar-refractivity contribution in [3.8, 4) is 11.1 Å². The monoisotopic (exact) mass is 542 g/mol. The molecule has 0 atom stereocenters. The third kappa shape index (κ3) is 6.02. The van der Waals surface area contributed by atoms with E-state index in [1.165, 1.54) is 95.4 Å². The van der Waals surface area contributed by atoms with Crippen molar-refractivity contribution in [1.29, 1.82) is 0 Å². The smallest absolute Gasteiger partial charge is 0.0216 e. The summed E-state index contributed by atoms with van der Waals surface area (Å²) in [4.78, 5) is 0. The summed E-state index contributed by atoms with van der Waals surface area (Å²) in [6, 6.07) is 13.8. The summed E-state index contributed by atoms with van der Waals surface area (Å²) >= 11 is 7.54. The number of benzene rings is 2. The molecule has 1 aliphatic rings. The lowest BCUT2D eigenvalue weighted by molar-refractivity contribution is 0.399. The Balaban J connectivity index is 1.86. The number of unbranched alkanes of at least 4 members (excludes halogenated alkanes) is 8. The van der Waals surface area contributed by atoms with E-state index in [2.05, 4.69) is 81.4 Å². The van der Waals surface area contributed by atoms with Gasteiger partial charge < -0.3 is 0 Å². The fourth-order valence-electron chi connectivity index (χ4n) is 5.24. The molecule has 31 heavy (non-hydrogen) atoms. The first-order chi connectivity index (χ1) is 15.1. The third-order valence-electron chi connectivity index (χ3n) is 6.81. The third-order valence-corrected chi connectivity index (χ3v) is 7.79. The lowest BCUT2D eigenvalue weighted by atomic mass is 9.70. The molecule has 166 valence electrons. The topological polar surface area (TPSA) is 0 Å². The number of hydrogen-bond acceptors (Lipinski definition) is 0. The molecule has 2 aromatic carbocycles. The van der Waals surface area contributed by atoms with Crippen molar-refractivity contribution in [2.24, 2.45) is 0 Å². The van der Waals surface area contributed by atoms with Crippen molar-refractivity contribution in [1.82, 2.24) is 0 Å². The number of halogens is 2. The van der Waals surface area contributed by atoms with E-state index in [0.29, 0.717) is 0 Å². The molecule has 0 unspecified atom stereocenters. The predicted octanol–water partition coefficient (Wildman–Crippen LogP) is 10.5. The van der Waals surface area contributed by atoms with Crippen LogP contribution in [0.1, 0.15) is 88.2 Å². The molecule has 0 aliphatic heterocycles. The van der Waals surface area contributed by atoms with Crippen molar-refractivity contribution in [2.45, 2.75) is 82.5 Å². The van der Waals surface area contributed by atoms with Gasteiger partial charge in [0.15, 0.2) is 0 Å². The SMILES string of the molecule is C=CCCCCCCC1(CCCCCCC=C)c2cc(Br)ccc2-c2ccc(Br)cc21. The van der Waals surface area contributed by atoms with Crippen LogP contribution >= 0.6 is 31.9 Å². The highest BCUT2D eigenvalue weighted by molar-refractivity contribution is 9.10. The summed E-state index contributed by atoms with van der Waals surface area (Å²) in [5.41, 5.74) is 6.07. The number of rotatable bonds is 14. The van der Waals surface area contributed by atoms with Gasteiger partial charge in [-0.3, -0.25) is 0 Å². The molecular formula is C29H36Br2. The second-order valence-electron chi connectivity index (χ2n) is 8.95. The van der Waals surface area contributed by atoms with E-state index >= 15 is 0 Å². The molecular weight excluding hydrogens is 508 g/mol. The Kier molecular flexibility index (Phi) is 9.66. The van der Waals surface area contributed by atoms with Gasteiger partial charge in [0, 0.05) is 14.4 Å². The summed E-state index contributed by atoms with van der Waals surface area (Å²) in [6.07, 6.45) is 19.2. The van der Waals surface area contributed by atoms with E-state index in [0.717, 1.165) is 12.8 Å². The van der Waals surface area contributed by atoms with Gasteiger partial charge in [0.25, 0.3) is 0 Å². The van der Waals surface area contributed by atoms with Crippen LogP contribution in [0.5, 0.6) is 0 Å². The highest BCUT2D eigenvalue weighted by atomic mass is 79.9. The van der Waals surface area contributed by atoms with Crippen LogP contribution in [0, 0.1) is 0 Å². The highest BCUT2D eigenvalue weighted by Crippen LogP contribution is 2.55. The van der Waals surface area contributed by atoms with E-state index in [4.69, 9.17) is 0 Å². The van der Waals surface area contributed by atoms with Crippen molar-refractivity contribution in [3.63, 3.8) is 0 Å². The largest absolute Gasteiger partial charge is 0.103 e. The van der Waals surface area contributed by atoms with E-state index in [1.54, 1.807) is 0 Å². The van der Waals surface area contributed by atoms with Gasteiger partial charge in [-0.1, -0.05) is 94.7 Å². The number of fused-ring (bicyclic) bond motifs is 3. The first-order valence-corrected chi connectivity index (χ1v) is 13.5. The van der Waals surface area contributed by atoms with Crippen LogP contribution in [0.15, 0.2) is 70.7 Å². The average molecular weight is 544 g/mol. The normalized spacial score (nSPS) is 13.6. The second-order valence-corrected chi connectivity index (χ2v) is 10.8. The first kappa shape index (κ1) is 24.5.